The average molecular weight is 288 g/mol. The lowest BCUT2D eigenvalue weighted by Gasteiger charge is -2.26. The molecular formula is C19H28O2. The maximum Gasteiger partial charge on any atom is 0.118 e. The zero-order chi connectivity index (χ0) is 13.9. The molecule has 2 rings (SSSR count). The van der Waals surface area contributed by atoms with Gasteiger partial charge in [0.25, 0.3) is 0 Å². The minimum Gasteiger partial charge on any atom is -0.497 e. The molecule has 0 unspecified atom stereocenters. The van der Waals surface area contributed by atoms with E-state index in [-0.39, 0.29) is 20.3 Å². The van der Waals surface area contributed by atoms with Crippen molar-refractivity contribution in [1.82, 2.24) is 0 Å². The van der Waals surface area contributed by atoms with Gasteiger partial charge in [-0.15, -0.1) is 0 Å². The van der Waals surface area contributed by atoms with Gasteiger partial charge >= 0.3 is 0 Å². The summed E-state index contributed by atoms with van der Waals surface area (Å²) in [5.74, 6) is 1.77. The molecule has 0 radical (unpaired) electrons. The quantitative estimate of drug-likeness (QED) is 0.760. The third-order valence-electron chi connectivity index (χ3n) is 3.62. The van der Waals surface area contributed by atoms with Gasteiger partial charge in [-0.2, -0.15) is 0 Å². The standard InChI is InChI=1S/C17H20O2.2CH4/c1-17(2,13-5-9-15(18-3)10-6-13)14-7-11-16(19-4)12-8-14;;/h5-12H,1-4H3;2*1H4. The van der Waals surface area contributed by atoms with Crippen LogP contribution in [0.5, 0.6) is 11.5 Å². The highest BCUT2D eigenvalue weighted by molar-refractivity contribution is 5.41. The lowest BCUT2D eigenvalue weighted by atomic mass is 9.78. The van der Waals surface area contributed by atoms with E-state index in [1.54, 1.807) is 14.2 Å². The maximum absolute atomic E-state index is 5.20. The van der Waals surface area contributed by atoms with Crippen molar-refractivity contribution < 1.29 is 9.47 Å². The summed E-state index contributed by atoms with van der Waals surface area (Å²) in [7, 11) is 3.37. The first kappa shape index (κ1) is 19.0. The summed E-state index contributed by atoms with van der Waals surface area (Å²) in [6.45, 7) is 4.44. The van der Waals surface area contributed by atoms with E-state index in [1.165, 1.54) is 11.1 Å². The van der Waals surface area contributed by atoms with Crippen LogP contribution in [0.1, 0.15) is 39.8 Å². The van der Waals surface area contributed by atoms with Gasteiger partial charge < -0.3 is 9.47 Å². The Bertz CT molecular complexity index is 475. The summed E-state index contributed by atoms with van der Waals surface area (Å²) in [5.41, 5.74) is 2.48. The van der Waals surface area contributed by atoms with Gasteiger partial charge in [-0.05, 0) is 35.4 Å². The molecule has 0 bridgehead atoms. The van der Waals surface area contributed by atoms with Crippen molar-refractivity contribution in [2.45, 2.75) is 34.1 Å². The molecule has 0 aliphatic carbocycles. The summed E-state index contributed by atoms with van der Waals surface area (Å²) >= 11 is 0. The van der Waals surface area contributed by atoms with Crippen molar-refractivity contribution in [1.29, 1.82) is 0 Å². The molecule has 21 heavy (non-hydrogen) atoms. The Kier molecular flexibility index (Phi) is 7.00. The number of rotatable bonds is 4. The van der Waals surface area contributed by atoms with E-state index in [4.69, 9.17) is 9.47 Å². The fraction of sp³-hybridized carbons (Fsp3) is 0.368. The minimum atomic E-state index is -0.0431. The smallest absolute Gasteiger partial charge is 0.118 e. The highest BCUT2D eigenvalue weighted by Gasteiger charge is 2.22. The van der Waals surface area contributed by atoms with Gasteiger partial charge in [0.15, 0.2) is 0 Å². The topological polar surface area (TPSA) is 18.5 Å². The van der Waals surface area contributed by atoms with Gasteiger partial charge in [0.05, 0.1) is 14.2 Å². The molecule has 0 fully saturated rings. The molecule has 116 valence electrons. The number of ether oxygens (including phenoxy) is 2. The molecule has 0 N–H and O–H groups in total. The lowest BCUT2D eigenvalue weighted by molar-refractivity contribution is 0.414. The normalized spacial score (nSPS) is 10.1. The second kappa shape index (κ2) is 7.72. The van der Waals surface area contributed by atoms with E-state index in [0.717, 1.165) is 11.5 Å². The first-order valence-electron chi connectivity index (χ1n) is 6.37. The van der Waals surface area contributed by atoms with Crippen LogP contribution in [-0.2, 0) is 5.41 Å². The van der Waals surface area contributed by atoms with Crippen LogP contribution in [0.2, 0.25) is 0 Å². The zero-order valence-corrected chi connectivity index (χ0v) is 11.9. The number of hydrogen-bond donors (Lipinski definition) is 0. The number of benzene rings is 2. The van der Waals surface area contributed by atoms with Crippen LogP contribution in [0.25, 0.3) is 0 Å². The van der Waals surface area contributed by atoms with Crippen molar-refractivity contribution in [3.8, 4) is 11.5 Å². The maximum atomic E-state index is 5.20. The molecule has 0 heterocycles. The molecule has 0 saturated carbocycles. The third-order valence-corrected chi connectivity index (χ3v) is 3.62. The van der Waals surface area contributed by atoms with Gasteiger partial charge in [0.2, 0.25) is 0 Å². The Hall–Kier alpha value is -1.96. The molecule has 0 aliphatic heterocycles. The molecule has 0 spiro atoms. The fourth-order valence-corrected chi connectivity index (χ4v) is 2.18. The third kappa shape index (κ3) is 4.01. The summed E-state index contributed by atoms with van der Waals surface area (Å²) < 4.78 is 10.4. The Morgan fingerprint density at radius 1 is 0.619 bits per heavy atom. The molecule has 0 aromatic heterocycles. The molecule has 2 heteroatoms. The van der Waals surface area contributed by atoms with Gasteiger partial charge in [0, 0.05) is 5.41 Å². The van der Waals surface area contributed by atoms with E-state index in [2.05, 4.69) is 38.1 Å². The zero-order valence-electron chi connectivity index (χ0n) is 11.9. The first-order chi connectivity index (χ1) is 9.07. The molecule has 0 aliphatic rings. The molecule has 2 aromatic rings. The predicted octanol–water partition coefficient (Wildman–Crippen LogP) is 5.30. The van der Waals surface area contributed by atoms with Gasteiger partial charge in [-0.3, -0.25) is 0 Å². The average Bonchev–Trinajstić information content (AvgIpc) is 2.47. The number of hydrogen-bond acceptors (Lipinski definition) is 2. The van der Waals surface area contributed by atoms with Crippen LogP contribution in [0.3, 0.4) is 0 Å². The Labute approximate surface area is 129 Å². The summed E-state index contributed by atoms with van der Waals surface area (Å²) in [6.07, 6.45) is 0. The van der Waals surface area contributed by atoms with Gasteiger partial charge in [-0.25, -0.2) is 0 Å². The van der Waals surface area contributed by atoms with E-state index < -0.39 is 0 Å². The highest BCUT2D eigenvalue weighted by Crippen LogP contribution is 2.33. The van der Waals surface area contributed by atoms with Crippen LogP contribution in [0, 0.1) is 0 Å². The van der Waals surface area contributed by atoms with Crippen molar-refractivity contribution in [3.63, 3.8) is 0 Å². The molecule has 0 amide bonds. The molecule has 2 nitrogen and oxygen atoms in total. The van der Waals surface area contributed by atoms with Crippen molar-refractivity contribution in [3.05, 3.63) is 59.7 Å². The van der Waals surface area contributed by atoms with Crippen molar-refractivity contribution >= 4 is 0 Å². The van der Waals surface area contributed by atoms with E-state index in [1.807, 2.05) is 24.3 Å². The van der Waals surface area contributed by atoms with Crippen molar-refractivity contribution in [2.75, 3.05) is 14.2 Å². The van der Waals surface area contributed by atoms with Crippen molar-refractivity contribution in [2.24, 2.45) is 0 Å². The van der Waals surface area contributed by atoms with Crippen LogP contribution in [0.15, 0.2) is 48.5 Å². The monoisotopic (exact) mass is 288 g/mol. The minimum absolute atomic E-state index is 0. The molecule has 0 atom stereocenters. The summed E-state index contributed by atoms with van der Waals surface area (Å²) in [5, 5.41) is 0. The Morgan fingerprint density at radius 3 is 1.14 bits per heavy atom. The number of methoxy groups -OCH3 is 2. The largest absolute Gasteiger partial charge is 0.497 e. The van der Waals surface area contributed by atoms with Crippen LogP contribution >= 0.6 is 0 Å². The summed E-state index contributed by atoms with van der Waals surface area (Å²) in [4.78, 5) is 0. The lowest BCUT2D eigenvalue weighted by Crippen LogP contribution is -2.18. The highest BCUT2D eigenvalue weighted by atomic mass is 16.5. The summed E-state index contributed by atoms with van der Waals surface area (Å²) in [6, 6.07) is 16.5. The van der Waals surface area contributed by atoms with E-state index in [0.29, 0.717) is 0 Å². The molecular weight excluding hydrogens is 260 g/mol. The second-order valence-corrected chi connectivity index (χ2v) is 5.08. The van der Waals surface area contributed by atoms with Crippen LogP contribution < -0.4 is 9.47 Å². The Balaban J connectivity index is 0.00000200. The first-order valence-corrected chi connectivity index (χ1v) is 6.37. The van der Waals surface area contributed by atoms with Gasteiger partial charge in [0.1, 0.15) is 11.5 Å². The van der Waals surface area contributed by atoms with E-state index in [9.17, 15) is 0 Å². The molecule has 2 aromatic carbocycles. The predicted molar refractivity (Wildman–Crippen MR) is 91.6 cm³/mol. The van der Waals surface area contributed by atoms with Crippen LogP contribution in [0.4, 0.5) is 0 Å². The second-order valence-electron chi connectivity index (χ2n) is 5.08. The van der Waals surface area contributed by atoms with Crippen LogP contribution in [-0.4, -0.2) is 14.2 Å². The molecule has 0 saturated heterocycles. The van der Waals surface area contributed by atoms with Gasteiger partial charge in [-0.1, -0.05) is 53.0 Å². The SMILES string of the molecule is C.C.COc1ccc(C(C)(C)c2ccc(OC)cc2)cc1. The Morgan fingerprint density at radius 2 is 0.905 bits per heavy atom. The fourth-order valence-electron chi connectivity index (χ4n) is 2.18. The van der Waals surface area contributed by atoms with E-state index >= 15 is 0 Å².